The van der Waals surface area contributed by atoms with Gasteiger partial charge in [-0.1, -0.05) is 96.1 Å². The number of nitriles is 1. The number of carboxylic acid groups (broad SMARTS) is 1. The smallest absolute Gasteiger partial charge is 0.346 e. The lowest BCUT2D eigenvalue weighted by Crippen LogP contribution is -2.09. The lowest BCUT2D eigenvalue weighted by molar-refractivity contribution is -0.132. The number of carbonyl (C=O) groups is 1. The van der Waals surface area contributed by atoms with Gasteiger partial charge < -0.3 is 10.0 Å². The number of aryl methyl sites for hydroxylation is 2. The molecule has 6 aromatic rings. The molecule has 0 spiro atoms. The van der Waals surface area contributed by atoms with Crippen LogP contribution >= 0.6 is 11.3 Å². The Bertz CT molecular complexity index is 1960. The van der Waals surface area contributed by atoms with Gasteiger partial charge in [0.1, 0.15) is 11.6 Å². The molecule has 0 aliphatic heterocycles. The SMILES string of the molecule is Cc1cccc(-c2ccc(N(c3ccc(-c4cccc(C)c4)cc3)c3ccc(-c4ccc(/C=C(\C#N)C(=O)O)s4)cc3)cc2)c1. The lowest BCUT2D eigenvalue weighted by Gasteiger charge is -2.26. The third kappa shape index (κ3) is 6.62. The molecule has 0 aliphatic carbocycles. The fourth-order valence-electron chi connectivity index (χ4n) is 5.35. The monoisotopic (exact) mass is 602 g/mol. The van der Waals surface area contributed by atoms with Gasteiger partial charge in [-0.15, -0.1) is 11.3 Å². The minimum absolute atomic E-state index is 0.281. The summed E-state index contributed by atoms with van der Waals surface area (Å²) in [6.45, 7) is 4.22. The van der Waals surface area contributed by atoms with Crippen molar-refractivity contribution in [2.24, 2.45) is 0 Å². The van der Waals surface area contributed by atoms with Crippen molar-refractivity contribution >= 4 is 40.4 Å². The van der Waals surface area contributed by atoms with Gasteiger partial charge in [-0.05, 0) is 96.3 Å². The van der Waals surface area contributed by atoms with Crippen LogP contribution in [-0.2, 0) is 4.79 Å². The van der Waals surface area contributed by atoms with Gasteiger partial charge in [0.05, 0.1) is 0 Å². The van der Waals surface area contributed by atoms with Crippen LogP contribution in [-0.4, -0.2) is 11.1 Å². The summed E-state index contributed by atoms with van der Waals surface area (Å²) >= 11 is 1.45. The number of benzene rings is 5. The Hall–Kier alpha value is -5.70. The molecule has 1 N–H and O–H groups in total. The predicted octanol–water partition coefficient (Wildman–Crippen LogP) is 10.8. The minimum Gasteiger partial charge on any atom is -0.477 e. The van der Waals surface area contributed by atoms with Crippen molar-refractivity contribution in [2.45, 2.75) is 13.8 Å². The summed E-state index contributed by atoms with van der Waals surface area (Å²) in [6, 6.07) is 48.3. The fourth-order valence-corrected chi connectivity index (χ4v) is 6.30. The summed E-state index contributed by atoms with van der Waals surface area (Å²) in [5, 5.41) is 18.3. The van der Waals surface area contributed by atoms with E-state index < -0.39 is 5.97 Å². The number of aliphatic carboxylic acids is 1. The molecule has 1 aromatic heterocycles. The quantitative estimate of drug-likeness (QED) is 0.139. The molecular formula is C40H30N2O2S. The summed E-state index contributed by atoms with van der Waals surface area (Å²) in [4.78, 5) is 15.2. The van der Waals surface area contributed by atoms with Crippen molar-refractivity contribution in [1.82, 2.24) is 0 Å². The summed E-state index contributed by atoms with van der Waals surface area (Å²) in [7, 11) is 0. The Kier molecular flexibility index (Phi) is 8.41. The van der Waals surface area contributed by atoms with Crippen LogP contribution in [0, 0.1) is 25.2 Å². The maximum Gasteiger partial charge on any atom is 0.346 e. The predicted molar refractivity (Wildman–Crippen MR) is 186 cm³/mol. The number of rotatable bonds is 8. The molecule has 0 amide bonds. The molecule has 5 heteroatoms. The Morgan fingerprint density at radius 1 is 0.644 bits per heavy atom. The average molecular weight is 603 g/mol. The summed E-state index contributed by atoms with van der Waals surface area (Å²) < 4.78 is 0. The Morgan fingerprint density at radius 2 is 1.11 bits per heavy atom. The third-order valence-corrected chi connectivity index (χ3v) is 8.71. The second-order valence-electron chi connectivity index (χ2n) is 10.9. The van der Waals surface area contributed by atoms with Crippen molar-refractivity contribution in [3.63, 3.8) is 0 Å². The molecule has 218 valence electrons. The second kappa shape index (κ2) is 12.9. The average Bonchev–Trinajstić information content (AvgIpc) is 3.53. The van der Waals surface area contributed by atoms with Gasteiger partial charge in [-0.3, -0.25) is 0 Å². The van der Waals surface area contributed by atoms with E-state index in [-0.39, 0.29) is 5.57 Å². The van der Waals surface area contributed by atoms with E-state index in [0.29, 0.717) is 0 Å². The van der Waals surface area contributed by atoms with Gasteiger partial charge in [-0.25, -0.2) is 4.79 Å². The van der Waals surface area contributed by atoms with E-state index in [1.807, 2.05) is 12.1 Å². The highest BCUT2D eigenvalue weighted by Gasteiger charge is 2.15. The fraction of sp³-hybridized carbons (Fsp3) is 0.0500. The molecule has 0 saturated heterocycles. The Labute approximate surface area is 267 Å². The first kappa shape index (κ1) is 29.4. The van der Waals surface area contributed by atoms with Crippen LogP contribution in [0.4, 0.5) is 17.1 Å². The van der Waals surface area contributed by atoms with E-state index in [0.717, 1.165) is 43.5 Å². The van der Waals surface area contributed by atoms with E-state index in [4.69, 9.17) is 5.26 Å². The van der Waals surface area contributed by atoms with E-state index >= 15 is 0 Å². The zero-order valence-corrected chi connectivity index (χ0v) is 25.8. The topological polar surface area (TPSA) is 64.3 Å². The van der Waals surface area contributed by atoms with Crippen molar-refractivity contribution in [3.05, 3.63) is 155 Å². The normalized spacial score (nSPS) is 11.2. The van der Waals surface area contributed by atoms with Crippen LogP contribution in [0.25, 0.3) is 38.8 Å². The van der Waals surface area contributed by atoms with E-state index in [9.17, 15) is 9.90 Å². The Balaban J connectivity index is 1.35. The maximum absolute atomic E-state index is 11.3. The number of thiophene rings is 1. The van der Waals surface area contributed by atoms with Gasteiger partial charge in [0.15, 0.2) is 0 Å². The molecule has 45 heavy (non-hydrogen) atoms. The number of hydrogen-bond donors (Lipinski definition) is 1. The second-order valence-corrected chi connectivity index (χ2v) is 12.0. The molecule has 0 radical (unpaired) electrons. The molecule has 4 nitrogen and oxygen atoms in total. The van der Waals surface area contributed by atoms with Crippen molar-refractivity contribution in [3.8, 4) is 38.8 Å². The van der Waals surface area contributed by atoms with E-state index in [1.54, 1.807) is 6.07 Å². The summed E-state index contributed by atoms with van der Waals surface area (Å²) in [5.74, 6) is -1.23. The maximum atomic E-state index is 11.3. The first-order valence-corrected chi connectivity index (χ1v) is 15.4. The highest BCUT2D eigenvalue weighted by Crippen LogP contribution is 2.38. The zero-order chi connectivity index (χ0) is 31.3. The molecule has 0 fully saturated rings. The Morgan fingerprint density at radius 3 is 1.53 bits per heavy atom. The molecule has 0 saturated carbocycles. The van der Waals surface area contributed by atoms with Gasteiger partial charge in [0.2, 0.25) is 0 Å². The number of nitrogens with zero attached hydrogens (tertiary/aromatic N) is 2. The van der Waals surface area contributed by atoms with Crippen molar-refractivity contribution < 1.29 is 9.90 Å². The van der Waals surface area contributed by atoms with Crippen molar-refractivity contribution in [2.75, 3.05) is 4.90 Å². The van der Waals surface area contributed by atoms with Gasteiger partial charge in [0, 0.05) is 26.8 Å². The van der Waals surface area contributed by atoms with Crippen LogP contribution < -0.4 is 4.90 Å². The number of carboxylic acids is 1. The lowest BCUT2D eigenvalue weighted by atomic mass is 10.0. The van der Waals surface area contributed by atoms with Crippen LogP contribution in [0.2, 0.25) is 0 Å². The van der Waals surface area contributed by atoms with Gasteiger partial charge >= 0.3 is 5.97 Å². The molecule has 0 aliphatic rings. The first-order valence-electron chi connectivity index (χ1n) is 14.6. The molecule has 0 atom stereocenters. The summed E-state index contributed by atoms with van der Waals surface area (Å²) in [6.07, 6.45) is 1.41. The first-order chi connectivity index (χ1) is 21.9. The van der Waals surface area contributed by atoms with Crippen LogP contribution in [0.15, 0.2) is 139 Å². The molecule has 6 rings (SSSR count). The van der Waals surface area contributed by atoms with Gasteiger partial charge in [-0.2, -0.15) is 5.26 Å². The highest BCUT2D eigenvalue weighted by atomic mass is 32.1. The standard InChI is InChI=1S/C40H30N2O2S/c1-27-5-3-7-32(23-27)29-9-15-35(16-10-29)42(36-17-11-30(12-18-36)33-8-4-6-28(2)24-33)37-19-13-31(14-20-37)39-22-21-38(45-39)25-34(26-41)40(43)44/h3-25H,1-2H3,(H,43,44)/b34-25+. The number of anilines is 3. The minimum atomic E-state index is -1.23. The molecule has 0 bridgehead atoms. The number of hydrogen-bond acceptors (Lipinski definition) is 4. The van der Waals surface area contributed by atoms with Crippen LogP contribution in [0.5, 0.6) is 0 Å². The zero-order valence-electron chi connectivity index (χ0n) is 24.9. The third-order valence-electron chi connectivity index (χ3n) is 7.63. The summed E-state index contributed by atoms with van der Waals surface area (Å²) in [5.41, 5.74) is 11.0. The molecule has 1 heterocycles. The highest BCUT2D eigenvalue weighted by molar-refractivity contribution is 7.16. The van der Waals surface area contributed by atoms with Crippen LogP contribution in [0.3, 0.4) is 0 Å². The van der Waals surface area contributed by atoms with E-state index in [2.05, 4.69) is 140 Å². The van der Waals surface area contributed by atoms with E-state index in [1.165, 1.54) is 39.7 Å². The molecule has 5 aromatic carbocycles. The molecular weight excluding hydrogens is 573 g/mol. The van der Waals surface area contributed by atoms with Crippen molar-refractivity contribution in [1.29, 1.82) is 5.26 Å². The van der Waals surface area contributed by atoms with Gasteiger partial charge in [0.25, 0.3) is 0 Å². The molecule has 0 unspecified atom stereocenters. The van der Waals surface area contributed by atoms with Crippen LogP contribution in [0.1, 0.15) is 16.0 Å². The largest absolute Gasteiger partial charge is 0.477 e.